The number of hydrogen-bond acceptors (Lipinski definition) is 2. The number of fused-ring (bicyclic) bond motifs is 2. The molecule has 0 spiro atoms. The summed E-state index contributed by atoms with van der Waals surface area (Å²) >= 11 is 5.44. The standard InChI is InChI=1S/C17H24N2OS/c1-16(2)11-8-9-17(16,3)14(10-11)19-15(21)18-12-6-4-5-7-13(12)20/h4-7,11,14,20H,8-10H2,1-3H3,(H2,18,19,21). The molecular formula is C17H24N2OS. The molecular weight excluding hydrogens is 280 g/mol. The van der Waals surface area contributed by atoms with Gasteiger partial charge in [-0.2, -0.15) is 0 Å². The summed E-state index contributed by atoms with van der Waals surface area (Å²) in [5, 5.41) is 17.0. The van der Waals surface area contributed by atoms with Gasteiger partial charge < -0.3 is 15.7 Å². The third kappa shape index (κ3) is 2.20. The van der Waals surface area contributed by atoms with Crippen LogP contribution in [-0.2, 0) is 0 Å². The average Bonchev–Trinajstić information content (AvgIpc) is 2.74. The molecule has 114 valence electrons. The van der Waals surface area contributed by atoms with Crippen LogP contribution in [0.15, 0.2) is 24.3 Å². The van der Waals surface area contributed by atoms with Crippen molar-refractivity contribution in [2.45, 2.75) is 46.1 Å². The fraction of sp³-hybridized carbons (Fsp3) is 0.588. The Kier molecular flexibility index (Phi) is 3.40. The number of phenols is 1. The Hall–Kier alpha value is -1.29. The lowest BCUT2D eigenvalue weighted by atomic mass is 9.69. The molecule has 0 saturated heterocycles. The Balaban J connectivity index is 1.68. The molecule has 2 fully saturated rings. The Morgan fingerprint density at radius 3 is 2.57 bits per heavy atom. The summed E-state index contributed by atoms with van der Waals surface area (Å²) in [6.07, 6.45) is 3.79. The second kappa shape index (κ2) is 4.87. The summed E-state index contributed by atoms with van der Waals surface area (Å²) in [5.74, 6) is 1.01. The number of hydrogen-bond donors (Lipinski definition) is 3. The van der Waals surface area contributed by atoms with Gasteiger partial charge in [0, 0.05) is 6.04 Å². The van der Waals surface area contributed by atoms with Gasteiger partial charge in [-0.05, 0) is 60.4 Å². The van der Waals surface area contributed by atoms with Crippen molar-refractivity contribution < 1.29 is 5.11 Å². The van der Waals surface area contributed by atoms with E-state index in [9.17, 15) is 5.11 Å². The fourth-order valence-corrected chi connectivity index (χ4v) is 4.57. The monoisotopic (exact) mass is 304 g/mol. The van der Waals surface area contributed by atoms with Crippen molar-refractivity contribution in [1.82, 2.24) is 5.32 Å². The number of rotatable bonds is 2. The van der Waals surface area contributed by atoms with Crippen LogP contribution in [0.2, 0.25) is 0 Å². The summed E-state index contributed by atoms with van der Waals surface area (Å²) in [7, 11) is 0. The summed E-state index contributed by atoms with van der Waals surface area (Å²) in [6, 6.07) is 7.59. The van der Waals surface area contributed by atoms with Crippen molar-refractivity contribution >= 4 is 23.0 Å². The first-order chi connectivity index (χ1) is 9.84. The van der Waals surface area contributed by atoms with Crippen LogP contribution in [-0.4, -0.2) is 16.3 Å². The number of aromatic hydroxyl groups is 1. The molecule has 0 aromatic heterocycles. The van der Waals surface area contributed by atoms with Crippen LogP contribution in [0, 0.1) is 16.7 Å². The second-order valence-electron chi connectivity index (χ2n) is 7.28. The molecule has 0 amide bonds. The van der Waals surface area contributed by atoms with Gasteiger partial charge in [0.1, 0.15) is 5.75 Å². The van der Waals surface area contributed by atoms with Crippen LogP contribution in [0.5, 0.6) is 5.75 Å². The van der Waals surface area contributed by atoms with Gasteiger partial charge in [-0.25, -0.2) is 0 Å². The zero-order valence-electron chi connectivity index (χ0n) is 12.9. The highest BCUT2D eigenvalue weighted by molar-refractivity contribution is 7.80. The van der Waals surface area contributed by atoms with Crippen molar-refractivity contribution in [2.75, 3.05) is 5.32 Å². The van der Waals surface area contributed by atoms with E-state index in [2.05, 4.69) is 31.4 Å². The van der Waals surface area contributed by atoms with E-state index < -0.39 is 0 Å². The van der Waals surface area contributed by atoms with Crippen LogP contribution in [0.25, 0.3) is 0 Å². The SMILES string of the molecule is CC1(C)C2CCC1(C)C(NC(=S)Nc1ccccc1O)C2. The molecule has 1 aromatic carbocycles. The largest absolute Gasteiger partial charge is 0.506 e. The molecule has 2 aliphatic carbocycles. The number of thiocarbonyl (C=S) groups is 1. The third-order valence-electron chi connectivity index (χ3n) is 6.25. The van der Waals surface area contributed by atoms with E-state index in [1.807, 2.05) is 12.1 Å². The predicted octanol–water partition coefficient (Wildman–Crippen LogP) is 3.89. The highest BCUT2D eigenvalue weighted by Gasteiger charge is 2.61. The fourth-order valence-electron chi connectivity index (χ4n) is 4.32. The first-order valence-corrected chi connectivity index (χ1v) is 8.11. The Labute approximate surface area is 132 Å². The number of benzene rings is 1. The molecule has 4 heteroatoms. The quantitative estimate of drug-likeness (QED) is 0.573. The zero-order valence-corrected chi connectivity index (χ0v) is 13.8. The van der Waals surface area contributed by atoms with Crippen molar-refractivity contribution in [3.8, 4) is 5.75 Å². The van der Waals surface area contributed by atoms with Crippen molar-refractivity contribution in [3.05, 3.63) is 24.3 Å². The molecule has 0 radical (unpaired) electrons. The van der Waals surface area contributed by atoms with Crippen molar-refractivity contribution in [3.63, 3.8) is 0 Å². The molecule has 3 unspecified atom stereocenters. The molecule has 3 nitrogen and oxygen atoms in total. The van der Waals surface area contributed by atoms with E-state index in [0.29, 0.717) is 27.7 Å². The smallest absolute Gasteiger partial charge is 0.171 e. The van der Waals surface area contributed by atoms with E-state index in [0.717, 1.165) is 5.92 Å². The molecule has 3 rings (SSSR count). The Bertz CT molecular complexity index is 572. The van der Waals surface area contributed by atoms with Crippen LogP contribution < -0.4 is 10.6 Å². The van der Waals surface area contributed by atoms with Crippen LogP contribution in [0.4, 0.5) is 5.69 Å². The maximum atomic E-state index is 9.81. The Morgan fingerprint density at radius 2 is 2.00 bits per heavy atom. The summed E-state index contributed by atoms with van der Waals surface area (Å²) < 4.78 is 0. The number of para-hydroxylation sites is 2. The summed E-state index contributed by atoms with van der Waals surface area (Å²) in [4.78, 5) is 0. The van der Waals surface area contributed by atoms with E-state index in [-0.39, 0.29) is 5.75 Å². The third-order valence-corrected chi connectivity index (χ3v) is 6.47. The van der Waals surface area contributed by atoms with Gasteiger partial charge in [0.05, 0.1) is 5.69 Å². The lowest BCUT2D eigenvalue weighted by Crippen LogP contribution is -2.48. The molecule has 2 saturated carbocycles. The minimum atomic E-state index is 0.223. The normalized spacial score (nSPS) is 32.9. The molecule has 2 bridgehead atoms. The van der Waals surface area contributed by atoms with Crippen LogP contribution >= 0.6 is 12.2 Å². The number of phenolic OH excluding ortho intramolecular Hbond substituents is 1. The Morgan fingerprint density at radius 1 is 1.29 bits per heavy atom. The average molecular weight is 304 g/mol. The molecule has 3 atom stereocenters. The van der Waals surface area contributed by atoms with Crippen LogP contribution in [0.3, 0.4) is 0 Å². The van der Waals surface area contributed by atoms with Crippen molar-refractivity contribution in [1.29, 1.82) is 0 Å². The minimum absolute atomic E-state index is 0.223. The summed E-state index contributed by atoms with van der Waals surface area (Å²) in [6.45, 7) is 7.18. The maximum Gasteiger partial charge on any atom is 0.171 e. The van der Waals surface area contributed by atoms with Gasteiger partial charge in [-0.1, -0.05) is 32.9 Å². The molecule has 21 heavy (non-hydrogen) atoms. The van der Waals surface area contributed by atoms with Gasteiger partial charge in [-0.15, -0.1) is 0 Å². The predicted molar refractivity (Wildman–Crippen MR) is 90.5 cm³/mol. The molecule has 2 aliphatic rings. The van der Waals surface area contributed by atoms with Crippen molar-refractivity contribution in [2.24, 2.45) is 16.7 Å². The summed E-state index contributed by atoms with van der Waals surface area (Å²) in [5.41, 5.74) is 1.32. The number of nitrogens with one attached hydrogen (secondary N) is 2. The van der Waals surface area contributed by atoms with Gasteiger partial charge in [0.2, 0.25) is 0 Å². The van der Waals surface area contributed by atoms with E-state index in [1.165, 1.54) is 19.3 Å². The van der Waals surface area contributed by atoms with Crippen LogP contribution in [0.1, 0.15) is 40.0 Å². The van der Waals surface area contributed by atoms with E-state index >= 15 is 0 Å². The van der Waals surface area contributed by atoms with E-state index in [4.69, 9.17) is 12.2 Å². The highest BCUT2D eigenvalue weighted by atomic mass is 32.1. The molecule has 0 aliphatic heterocycles. The highest BCUT2D eigenvalue weighted by Crippen LogP contribution is 2.65. The second-order valence-corrected chi connectivity index (χ2v) is 7.69. The lowest BCUT2D eigenvalue weighted by molar-refractivity contribution is 0.129. The molecule has 1 aromatic rings. The minimum Gasteiger partial charge on any atom is -0.506 e. The van der Waals surface area contributed by atoms with Gasteiger partial charge in [0.15, 0.2) is 5.11 Å². The first kappa shape index (κ1) is 14.6. The topological polar surface area (TPSA) is 44.3 Å². The molecule has 0 heterocycles. The van der Waals surface area contributed by atoms with E-state index in [1.54, 1.807) is 12.1 Å². The van der Waals surface area contributed by atoms with Gasteiger partial charge in [-0.3, -0.25) is 0 Å². The maximum absolute atomic E-state index is 9.81. The number of anilines is 1. The van der Waals surface area contributed by atoms with Gasteiger partial charge >= 0.3 is 0 Å². The van der Waals surface area contributed by atoms with Gasteiger partial charge in [0.25, 0.3) is 0 Å². The first-order valence-electron chi connectivity index (χ1n) is 7.70. The zero-order chi connectivity index (χ0) is 15.3. The molecule has 3 N–H and O–H groups in total. The lowest BCUT2D eigenvalue weighted by Gasteiger charge is -2.39.